The van der Waals surface area contributed by atoms with Crippen molar-refractivity contribution >= 4 is 41.3 Å². The minimum Gasteiger partial charge on any atom is -0.375 e. The fourth-order valence-corrected chi connectivity index (χ4v) is 3.14. The molecule has 138 valence electrons. The van der Waals surface area contributed by atoms with Gasteiger partial charge in [0.15, 0.2) is 5.96 Å². The summed E-state index contributed by atoms with van der Waals surface area (Å²) in [5, 5.41) is 9.79. The van der Waals surface area contributed by atoms with Crippen molar-refractivity contribution in [3.63, 3.8) is 0 Å². The van der Waals surface area contributed by atoms with E-state index in [0.29, 0.717) is 19.0 Å². The van der Waals surface area contributed by atoms with Crippen molar-refractivity contribution in [3.8, 4) is 0 Å². The van der Waals surface area contributed by atoms with Gasteiger partial charge < -0.3 is 15.4 Å². The number of nitrogens with one attached hydrogen (secondary N) is 2. The fraction of sp³-hybridized carbons (Fsp3) is 0.444. The van der Waals surface area contributed by atoms with E-state index in [0.717, 1.165) is 22.2 Å². The van der Waals surface area contributed by atoms with Gasteiger partial charge in [-0.25, -0.2) is 4.98 Å². The number of nitrogens with zero attached hydrogens (tertiary/aromatic N) is 2. The molecule has 25 heavy (non-hydrogen) atoms. The first kappa shape index (κ1) is 21.9. The van der Waals surface area contributed by atoms with Crippen LogP contribution in [0.2, 0.25) is 0 Å². The Morgan fingerprint density at radius 2 is 1.96 bits per heavy atom. The SMILES string of the molecule is CN=C(NCc1nc(C(C)C)cs1)NCC(OC)c1ccccc1.I. The molecule has 0 spiro atoms. The Kier molecular flexibility index (Phi) is 9.99. The van der Waals surface area contributed by atoms with E-state index in [9.17, 15) is 0 Å². The summed E-state index contributed by atoms with van der Waals surface area (Å²) in [5.41, 5.74) is 2.28. The number of guanidine groups is 1. The zero-order valence-corrected chi connectivity index (χ0v) is 18.3. The molecule has 0 fully saturated rings. The number of methoxy groups -OCH3 is 1. The number of hydrogen-bond acceptors (Lipinski definition) is 4. The zero-order chi connectivity index (χ0) is 17.4. The van der Waals surface area contributed by atoms with Gasteiger partial charge in [-0.1, -0.05) is 44.2 Å². The normalized spacial score (nSPS) is 12.6. The smallest absolute Gasteiger partial charge is 0.191 e. The van der Waals surface area contributed by atoms with Crippen LogP contribution in [0.4, 0.5) is 0 Å². The summed E-state index contributed by atoms with van der Waals surface area (Å²) in [6.07, 6.45) is -0.0165. The molecule has 0 aliphatic carbocycles. The maximum absolute atomic E-state index is 5.57. The monoisotopic (exact) mass is 474 g/mol. The highest BCUT2D eigenvalue weighted by molar-refractivity contribution is 14.0. The highest BCUT2D eigenvalue weighted by Crippen LogP contribution is 2.17. The highest BCUT2D eigenvalue weighted by Gasteiger charge is 2.11. The van der Waals surface area contributed by atoms with Crippen molar-refractivity contribution in [2.24, 2.45) is 4.99 Å². The number of halogens is 1. The second-order valence-electron chi connectivity index (χ2n) is 5.76. The summed E-state index contributed by atoms with van der Waals surface area (Å²) in [4.78, 5) is 8.88. The molecular weight excluding hydrogens is 447 g/mol. The quantitative estimate of drug-likeness (QED) is 0.363. The van der Waals surface area contributed by atoms with Crippen molar-refractivity contribution in [1.82, 2.24) is 15.6 Å². The topological polar surface area (TPSA) is 58.5 Å². The molecule has 2 aromatic rings. The molecular formula is C18H27IN4OS. The van der Waals surface area contributed by atoms with E-state index >= 15 is 0 Å². The van der Waals surface area contributed by atoms with Crippen LogP contribution in [-0.4, -0.2) is 31.6 Å². The predicted octanol–water partition coefficient (Wildman–Crippen LogP) is 3.94. The van der Waals surface area contributed by atoms with Gasteiger partial charge in [-0.15, -0.1) is 35.3 Å². The van der Waals surface area contributed by atoms with Gasteiger partial charge in [0.1, 0.15) is 5.01 Å². The highest BCUT2D eigenvalue weighted by atomic mass is 127. The first-order valence-corrected chi connectivity index (χ1v) is 8.98. The first-order chi connectivity index (χ1) is 11.6. The van der Waals surface area contributed by atoms with Crippen LogP contribution in [0, 0.1) is 0 Å². The molecule has 1 aromatic heterocycles. The average Bonchev–Trinajstić information content (AvgIpc) is 3.08. The standard InChI is InChI=1S/C18H26N4OS.HI/c1-13(2)15-12-24-17(22-15)11-21-18(19-3)20-10-16(23-4)14-8-6-5-7-9-14;/h5-9,12-13,16H,10-11H2,1-4H3,(H2,19,20,21);1H. The summed E-state index contributed by atoms with van der Waals surface area (Å²) in [6.45, 7) is 5.62. The molecule has 2 N–H and O–H groups in total. The maximum Gasteiger partial charge on any atom is 0.191 e. The van der Waals surface area contributed by atoms with Gasteiger partial charge in [0.25, 0.3) is 0 Å². The molecule has 1 heterocycles. The number of aliphatic imine (C=N–C) groups is 1. The molecule has 0 amide bonds. The molecule has 5 nitrogen and oxygen atoms in total. The molecule has 0 bridgehead atoms. The van der Waals surface area contributed by atoms with Crippen molar-refractivity contribution in [1.29, 1.82) is 0 Å². The van der Waals surface area contributed by atoms with Gasteiger partial charge in [-0.2, -0.15) is 0 Å². The lowest BCUT2D eigenvalue weighted by molar-refractivity contribution is 0.106. The van der Waals surface area contributed by atoms with Gasteiger partial charge in [0, 0.05) is 26.1 Å². The van der Waals surface area contributed by atoms with Crippen molar-refractivity contribution in [2.75, 3.05) is 20.7 Å². The minimum atomic E-state index is -0.0165. The summed E-state index contributed by atoms with van der Waals surface area (Å²) >= 11 is 1.68. The molecule has 7 heteroatoms. The van der Waals surface area contributed by atoms with Gasteiger partial charge >= 0.3 is 0 Å². The molecule has 2 rings (SSSR count). The van der Waals surface area contributed by atoms with Crippen LogP contribution in [0.5, 0.6) is 0 Å². The Bertz CT molecular complexity index is 646. The Labute approximate surface area is 171 Å². The van der Waals surface area contributed by atoms with E-state index in [4.69, 9.17) is 4.74 Å². The van der Waals surface area contributed by atoms with Crippen LogP contribution in [0.3, 0.4) is 0 Å². The lowest BCUT2D eigenvalue weighted by Crippen LogP contribution is -2.39. The molecule has 0 aliphatic rings. The van der Waals surface area contributed by atoms with E-state index in [1.54, 1.807) is 25.5 Å². The van der Waals surface area contributed by atoms with Crippen LogP contribution in [0.1, 0.15) is 42.1 Å². The molecule has 1 atom stereocenters. The largest absolute Gasteiger partial charge is 0.375 e. The Balaban J connectivity index is 0.00000312. The summed E-state index contributed by atoms with van der Waals surface area (Å²) in [6, 6.07) is 10.2. The van der Waals surface area contributed by atoms with Gasteiger partial charge in [-0.3, -0.25) is 4.99 Å². The Hall–Kier alpha value is -1.19. The third-order valence-electron chi connectivity index (χ3n) is 3.70. The average molecular weight is 474 g/mol. The van der Waals surface area contributed by atoms with Crippen LogP contribution < -0.4 is 10.6 Å². The van der Waals surface area contributed by atoms with Crippen molar-refractivity contribution in [2.45, 2.75) is 32.4 Å². The van der Waals surface area contributed by atoms with E-state index in [1.807, 2.05) is 18.2 Å². The van der Waals surface area contributed by atoms with Crippen molar-refractivity contribution in [3.05, 3.63) is 52.0 Å². The second kappa shape index (κ2) is 11.4. The third kappa shape index (κ3) is 6.91. The number of aromatic nitrogens is 1. The van der Waals surface area contributed by atoms with Crippen LogP contribution in [0.25, 0.3) is 0 Å². The van der Waals surface area contributed by atoms with Crippen LogP contribution in [-0.2, 0) is 11.3 Å². The summed E-state index contributed by atoms with van der Waals surface area (Å²) < 4.78 is 5.57. The molecule has 0 radical (unpaired) electrons. The number of rotatable bonds is 7. The van der Waals surface area contributed by atoms with Crippen LogP contribution in [0.15, 0.2) is 40.7 Å². The molecule has 0 saturated carbocycles. The molecule has 1 unspecified atom stereocenters. The van der Waals surface area contributed by atoms with Gasteiger partial charge in [0.2, 0.25) is 0 Å². The number of hydrogen-bond donors (Lipinski definition) is 2. The van der Waals surface area contributed by atoms with Gasteiger partial charge in [-0.05, 0) is 11.5 Å². The van der Waals surface area contributed by atoms with E-state index < -0.39 is 0 Å². The van der Waals surface area contributed by atoms with E-state index in [-0.39, 0.29) is 30.1 Å². The molecule has 1 aromatic carbocycles. The first-order valence-electron chi connectivity index (χ1n) is 8.10. The Morgan fingerprint density at radius 3 is 2.52 bits per heavy atom. The Morgan fingerprint density at radius 1 is 1.24 bits per heavy atom. The zero-order valence-electron chi connectivity index (χ0n) is 15.2. The number of benzene rings is 1. The van der Waals surface area contributed by atoms with Gasteiger partial charge in [0.05, 0.1) is 18.3 Å². The lowest BCUT2D eigenvalue weighted by Gasteiger charge is -2.18. The summed E-state index contributed by atoms with van der Waals surface area (Å²) in [7, 11) is 3.49. The minimum absolute atomic E-state index is 0. The maximum atomic E-state index is 5.57. The number of thiazole rings is 1. The lowest BCUT2D eigenvalue weighted by atomic mass is 10.1. The summed E-state index contributed by atoms with van der Waals surface area (Å²) in [5.74, 6) is 1.20. The van der Waals surface area contributed by atoms with Crippen LogP contribution >= 0.6 is 35.3 Å². The fourth-order valence-electron chi connectivity index (χ4n) is 2.25. The van der Waals surface area contributed by atoms with E-state index in [2.05, 4.69) is 52.0 Å². The molecule has 0 aliphatic heterocycles. The second-order valence-corrected chi connectivity index (χ2v) is 6.71. The van der Waals surface area contributed by atoms with E-state index in [1.165, 1.54) is 0 Å². The molecule has 0 saturated heterocycles. The van der Waals surface area contributed by atoms with Crippen molar-refractivity contribution < 1.29 is 4.74 Å². The third-order valence-corrected chi connectivity index (χ3v) is 4.57. The number of ether oxygens (including phenoxy) is 1. The predicted molar refractivity (Wildman–Crippen MR) is 116 cm³/mol.